The van der Waals surface area contributed by atoms with Gasteiger partial charge in [-0.2, -0.15) is 0 Å². The number of carbonyl (C=O) groups is 1. The number of rotatable bonds is 3. The first kappa shape index (κ1) is 12.3. The van der Waals surface area contributed by atoms with E-state index in [-0.39, 0.29) is 5.91 Å². The lowest BCUT2D eigenvalue weighted by Crippen LogP contribution is -2.11. The molecule has 2 rings (SSSR count). The van der Waals surface area contributed by atoms with Crippen molar-refractivity contribution in [2.75, 3.05) is 5.32 Å². The lowest BCUT2D eigenvalue weighted by Gasteiger charge is -2.00. The minimum Gasteiger partial charge on any atom is -0.457 e. The van der Waals surface area contributed by atoms with E-state index in [1.807, 2.05) is 5.38 Å². The van der Waals surface area contributed by atoms with E-state index in [2.05, 4.69) is 40.1 Å². The Labute approximate surface area is 111 Å². The monoisotopic (exact) mass is 314 g/mol. The molecule has 0 saturated heterocycles. The van der Waals surface area contributed by atoms with Crippen molar-refractivity contribution >= 4 is 38.3 Å². The Kier molecular flexibility index (Phi) is 3.63. The highest BCUT2D eigenvalue weighted by Gasteiger charge is 2.14. The van der Waals surface area contributed by atoms with Gasteiger partial charge in [-0.25, -0.2) is 4.98 Å². The number of halogens is 1. The van der Waals surface area contributed by atoms with Crippen LogP contribution in [0, 0.1) is 0 Å². The van der Waals surface area contributed by atoms with Crippen molar-refractivity contribution < 1.29 is 9.21 Å². The van der Waals surface area contributed by atoms with Gasteiger partial charge in [-0.3, -0.25) is 10.1 Å². The zero-order valence-corrected chi connectivity index (χ0v) is 11.8. The number of thiazole rings is 1. The number of furan rings is 1. The molecular formula is C11H11BrN2O2S. The Bertz CT molecular complexity index is 533. The molecule has 2 aromatic heterocycles. The molecule has 4 nitrogen and oxygen atoms in total. The Morgan fingerprint density at radius 1 is 1.59 bits per heavy atom. The minimum absolute atomic E-state index is 0.227. The molecule has 0 aliphatic heterocycles. The summed E-state index contributed by atoms with van der Waals surface area (Å²) in [5.74, 6) is 0.132. The smallest absolute Gasteiger partial charge is 0.261 e. The number of carbonyl (C=O) groups excluding carboxylic acids is 1. The van der Waals surface area contributed by atoms with Crippen LogP contribution in [0.5, 0.6) is 0 Å². The molecule has 0 atom stereocenters. The van der Waals surface area contributed by atoms with E-state index in [0.29, 0.717) is 21.3 Å². The number of anilines is 1. The quantitative estimate of drug-likeness (QED) is 0.935. The van der Waals surface area contributed by atoms with E-state index in [1.54, 1.807) is 6.07 Å². The van der Waals surface area contributed by atoms with E-state index < -0.39 is 0 Å². The van der Waals surface area contributed by atoms with E-state index in [9.17, 15) is 4.79 Å². The highest BCUT2D eigenvalue weighted by molar-refractivity contribution is 9.10. The lowest BCUT2D eigenvalue weighted by molar-refractivity contribution is 0.102. The van der Waals surface area contributed by atoms with Crippen LogP contribution in [-0.2, 0) is 0 Å². The molecule has 0 radical (unpaired) electrons. The van der Waals surface area contributed by atoms with Crippen molar-refractivity contribution in [3.63, 3.8) is 0 Å². The van der Waals surface area contributed by atoms with Crippen LogP contribution in [0.3, 0.4) is 0 Å². The Balaban J connectivity index is 2.11. The Morgan fingerprint density at radius 2 is 2.35 bits per heavy atom. The van der Waals surface area contributed by atoms with Gasteiger partial charge in [0.05, 0.1) is 17.5 Å². The predicted octanol–water partition coefficient (Wildman–Crippen LogP) is 3.87. The van der Waals surface area contributed by atoms with Crippen LogP contribution < -0.4 is 5.32 Å². The van der Waals surface area contributed by atoms with Gasteiger partial charge in [0.1, 0.15) is 0 Å². The molecule has 0 saturated carbocycles. The van der Waals surface area contributed by atoms with Gasteiger partial charge in [-0.15, -0.1) is 11.3 Å². The molecule has 0 unspecified atom stereocenters. The van der Waals surface area contributed by atoms with E-state index >= 15 is 0 Å². The number of hydrogen-bond donors (Lipinski definition) is 1. The zero-order chi connectivity index (χ0) is 12.4. The number of amides is 1. The molecule has 2 heterocycles. The van der Waals surface area contributed by atoms with Crippen LogP contribution in [0.1, 0.15) is 35.8 Å². The second-order valence-corrected chi connectivity index (χ2v) is 5.37. The first-order valence-corrected chi connectivity index (χ1v) is 6.75. The van der Waals surface area contributed by atoms with E-state index in [4.69, 9.17) is 4.42 Å². The third kappa shape index (κ3) is 2.76. The zero-order valence-electron chi connectivity index (χ0n) is 9.36. The molecule has 0 spiro atoms. The molecule has 1 N–H and O–H groups in total. The highest BCUT2D eigenvalue weighted by atomic mass is 79.9. The van der Waals surface area contributed by atoms with Crippen LogP contribution in [0.2, 0.25) is 0 Å². The van der Waals surface area contributed by atoms with Crippen molar-refractivity contribution in [3.8, 4) is 0 Å². The van der Waals surface area contributed by atoms with Crippen molar-refractivity contribution in [3.05, 3.63) is 33.6 Å². The maximum Gasteiger partial charge on any atom is 0.261 e. The molecular weight excluding hydrogens is 304 g/mol. The molecule has 17 heavy (non-hydrogen) atoms. The second-order valence-electron chi connectivity index (χ2n) is 3.79. The molecule has 2 aromatic rings. The van der Waals surface area contributed by atoms with Crippen LogP contribution in [0.4, 0.5) is 5.13 Å². The standard InChI is InChI=1S/C11H11BrN2O2S/c1-6(2)8-5-17-11(13-8)14-10(15)7-3-4-16-9(7)12/h3-6H,1-2H3,(H,13,14,15). The van der Waals surface area contributed by atoms with Gasteiger partial charge < -0.3 is 4.42 Å². The summed E-state index contributed by atoms with van der Waals surface area (Å²) in [6, 6.07) is 1.61. The number of nitrogens with one attached hydrogen (secondary N) is 1. The van der Waals surface area contributed by atoms with Gasteiger partial charge >= 0.3 is 0 Å². The summed E-state index contributed by atoms with van der Waals surface area (Å²) in [6.07, 6.45) is 1.46. The van der Waals surface area contributed by atoms with Gasteiger partial charge in [0.25, 0.3) is 5.91 Å². The van der Waals surface area contributed by atoms with Gasteiger partial charge in [-0.1, -0.05) is 13.8 Å². The lowest BCUT2D eigenvalue weighted by atomic mass is 10.2. The Morgan fingerprint density at radius 3 is 2.88 bits per heavy atom. The first-order valence-electron chi connectivity index (χ1n) is 5.07. The van der Waals surface area contributed by atoms with Gasteiger partial charge in [0.15, 0.2) is 9.80 Å². The van der Waals surface area contributed by atoms with E-state index in [1.165, 1.54) is 17.6 Å². The molecule has 1 amide bonds. The summed E-state index contributed by atoms with van der Waals surface area (Å²) in [5.41, 5.74) is 1.45. The fourth-order valence-electron chi connectivity index (χ4n) is 1.23. The Hall–Kier alpha value is -1.14. The van der Waals surface area contributed by atoms with Crippen LogP contribution in [-0.4, -0.2) is 10.9 Å². The highest BCUT2D eigenvalue weighted by Crippen LogP contribution is 2.23. The summed E-state index contributed by atoms with van der Waals surface area (Å²) in [7, 11) is 0. The largest absolute Gasteiger partial charge is 0.457 e. The topological polar surface area (TPSA) is 55.1 Å². The van der Waals surface area contributed by atoms with Crippen molar-refractivity contribution in [2.24, 2.45) is 0 Å². The average molecular weight is 315 g/mol. The van der Waals surface area contributed by atoms with Crippen LogP contribution in [0.25, 0.3) is 0 Å². The summed E-state index contributed by atoms with van der Waals surface area (Å²) in [5, 5.41) is 5.29. The molecule has 6 heteroatoms. The predicted molar refractivity (Wildman–Crippen MR) is 70.6 cm³/mol. The number of nitrogens with zero attached hydrogens (tertiary/aromatic N) is 1. The average Bonchev–Trinajstić information content (AvgIpc) is 2.86. The van der Waals surface area contributed by atoms with Gasteiger partial charge in [0, 0.05) is 5.38 Å². The van der Waals surface area contributed by atoms with Crippen molar-refractivity contribution in [1.82, 2.24) is 4.98 Å². The van der Waals surface area contributed by atoms with Gasteiger partial charge in [0.2, 0.25) is 0 Å². The molecule has 0 aromatic carbocycles. The third-order valence-electron chi connectivity index (χ3n) is 2.20. The van der Waals surface area contributed by atoms with Crippen molar-refractivity contribution in [2.45, 2.75) is 19.8 Å². The summed E-state index contributed by atoms with van der Waals surface area (Å²) >= 11 is 4.58. The number of aromatic nitrogens is 1. The van der Waals surface area contributed by atoms with Crippen LogP contribution >= 0.6 is 27.3 Å². The van der Waals surface area contributed by atoms with E-state index in [0.717, 1.165) is 5.69 Å². The molecule has 0 fully saturated rings. The molecule has 90 valence electrons. The second kappa shape index (κ2) is 5.01. The summed E-state index contributed by atoms with van der Waals surface area (Å²) in [4.78, 5) is 16.2. The minimum atomic E-state index is -0.227. The molecule has 0 aliphatic rings. The SMILES string of the molecule is CC(C)c1csc(NC(=O)c2ccoc2Br)n1. The third-order valence-corrected chi connectivity index (χ3v) is 3.59. The summed E-state index contributed by atoms with van der Waals surface area (Å²) in [6.45, 7) is 4.13. The maximum absolute atomic E-state index is 11.8. The number of hydrogen-bond acceptors (Lipinski definition) is 4. The van der Waals surface area contributed by atoms with Crippen LogP contribution in [0.15, 0.2) is 26.8 Å². The van der Waals surface area contributed by atoms with Crippen molar-refractivity contribution in [1.29, 1.82) is 0 Å². The maximum atomic E-state index is 11.8. The fourth-order valence-corrected chi connectivity index (χ4v) is 2.52. The summed E-state index contributed by atoms with van der Waals surface area (Å²) < 4.78 is 5.43. The molecule has 0 bridgehead atoms. The normalized spacial score (nSPS) is 10.8. The fraction of sp³-hybridized carbons (Fsp3) is 0.273. The first-order chi connectivity index (χ1) is 8.08. The van der Waals surface area contributed by atoms with Gasteiger partial charge in [-0.05, 0) is 27.9 Å². The molecule has 0 aliphatic carbocycles.